The van der Waals surface area contributed by atoms with Crippen LogP contribution in [0.4, 0.5) is 4.79 Å². The van der Waals surface area contributed by atoms with E-state index in [1.807, 2.05) is 0 Å². The van der Waals surface area contributed by atoms with Crippen molar-refractivity contribution in [3.8, 4) is 0 Å². The van der Waals surface area contributed by atoms with E-state index < -0.39 is 176 Å². The van der Waals surface area contributed by atoms with Crippen molar-refractivity contribution in [3.05, 3.63) is 190 Å². The topological polar surface area (TPSA) is 353 Å². The number of halogens is 3. The van der Waals surface area contributed by atoms with Crippen LogP contribution in [0.2, 0.25) is 0 Å². The van der Waals surface area contributed by atoms with Crippen molar-refractivity contribution in [3.63, 3.8) is 0 Å². The molecule has 5 aromatic carbocycles. The van der Waals surface area contributed by atoms with E-state index in [-0.39, 0.29) is 48.3 Å². The Bertz CT molecular complexity index is 3580. The summed E-state index contributed by atoms with van der Waals surface area (Å²) < 4.78 is 91.3. The summed E-state index contributed by atoms with van der Waals surface area (Å²) in [6.45, 7) is 0.477. The second-order valence-corrected chi connectivity index (χ2v) is 25.4. The number of methoxy groups -OCH3 is 1. The molecule has 3 aliphatic rings. The molecule has 0 aromatic heterocycles. The van der Waals surface area contributed by atoms with E-state index in [1.54, 1.807) is 103 Å². The van der Waals surface area contributed by atoms with Crippen LogP contribution in [0.3, 0.4) is 0 Å². The quantitative estimate of drug-likeness (QED) is 0.00820. The number of nitrogens with one attached hydrogen (secondary N) is 1. The lowest BCUT2D eigenvalue weighted by Gasteiger charge is -2.49. The lowest BCUT2D eigenvalue weighted by Crippen LogP contribution is -2.67. The predicted molar refractivity (Wildman–Crippen MR) is 350 cm³/mol. The first-order chi connectivity index (χ1) is 48.1. The minimum absolute atomic E-state index is 0.00799. The Morgan fingerprint density at radius 1 is 0.510 bits per heavy atom. The highest BCUT2D eigenvalue weighted by atomic mass is 35.6. The van der Waals surface area contributed by atoms with Gasteiger partial charge >= 0.3 is 47.9 Å². The summed E-state index contributed by atoms with van der Waals surface area (Å²) >= 11 is 17.8. The lowest BCUT2D eigenvalue weighted by molar-refractivity contribution is -0.349. The van der Waals surface area contributed by atoms with Gasteiger partial charge in [0.05, 0.1) is 42.6 Å². The van der Waals surface area contributed by atoms with Gasteiger partial charge < -0.3 is 76.4 Å². The maximum Gasteiger partial charge on any atom is 0.407 e. The van der Waals surface area contributed by atoms with Crippen LogP contribution in [-0.4, -0.2) is 183 Å². The summed E-state index contributed by atoms with van der Waals surface area (Å²) in [6, 6.07) is 35.9. The summed E-state index contributed by atoms with van der Waals surface area (Å²) in [6.07, 6.45) is -23.7. The molecule has 3 heterocycles. The number of ether oxygens (including phenoxy) is 15. The summed E-state index contributed by atoms with van der Waals surface area (Å²) in [5.41, 5.74) is 11.2. The van der Waals surface area contributed by atoms with Gasteiger partial charge in [-0.15, -0.1) is 0 Å². The number of hydrogen-bond acceptors (Lipinski definition) is 25. The number of amides is 1. The number of carbonyl (C=O) groups excluding carboxylic acids is 9. The Hall–Kier alpha value is -8.77. The molecule has 100 heavy (non-hydrogen) atoms. The molecule has 8 rings (SSSR count). The van der Waals surface area contributed by atoms with E-state index in [9.17, 15) is 48.7 Å². The molecule has 3 aliphatic heterocycles. The van der Waals surface area contributed by atoms with Crippen LogP contribution in [0.15, 0.2) is 157 Å². The molecule has 0 radical (unpaired) electrons. The number of esters is 7. The standard InChI is InChI=1S/C69H73Cl3N4O24/c1-40(77)35-48-55(92-41(2)78)57(93-42(3)79)52(74-68(85)91-39-69(70,71)72)65(94-48)90-38-49-54(88-36-43-23-11-5-12-24-43)58(53(75-76-73)66(95-49)87-34-22-10-21-33-51(80)86-4)100-67-60(99-64(84)47-31-19-9-20-32-47)59(98-63(83)46-29-17-8-18-30-46)56(97-62(82)45-27-15-7-16-28-45)50(96-67)37-89-61(81)44-25-13-6-14-26-44/h5-9,11-20,23-32,48-50,52-60,65-67H,10,21-22,33-39H2,1-4H3,(H,74,85)/t48-,49-,50-,52-,53-,54+,55-,56+,57-,58-,59+,60-,65-,66+,67+/m1/s1. The van der Waals surface area contributed by atoms with Gasteiger partial charge in [-0.3, -0.25) is 19.2 Å². The van der Waals surface area contributed by atoms with Crippen LogP contribution in [0, 0.1) is 0 Å². The Labute approximate surface area is 589 Å². The molecule has 15 atom stereocenters. The highest BCUT2D eigenvalue weighted by Gasteiger charge is 2.58. The first kappa shape index (κ1) is 77.0. The second kappa shape index (κ2) is 38.1. The highest BCUT2D eigenvalue weighted by Crippen LogP contribution is 2.39. The van der Waals surface area contributed by atoms with Crippen molar-refractivity contribution in [2.45, 2.75) is 155 Å². The summed E-state index contributed by atoms with van der Waals surface area (Å²) in [5.74, 6) is -6.80. The van der Waals surface area contributed by atoms with Crippen molar-refractivity contribution < 1.29 is 114 Å². The Morgan fingerprint density at radius 2 is 1.00 bits per heavy atom. The number of carbonyl (C=O) groups is 9. The number of nitrogens with zero attached hydrogens (tertiary/aromatic N) is 3. The zero-order valence-electron chi connectivity index (χ0n) is 54.4. The van der Waals surface area contributed by atoms with Crippen LogP contribution < -0.4 is 5.32 Å². The Balaban J connectivity index is 1.29. The molecular weight excluding hydrogens is 1380 g/mol. The molecule has 5 aromatic rings. The molecule has 0 saturated carbocycles. The van der Waals surface area contributed by atoms with Crippen molar-refractivity contribution in [1.29, 1.82) is 0 Å². The number of unbranched alkanes of at least 4 members (excludes halogenated alkanes) is 2. The van der Waals surface area contributed by atoms with Crippen LogP contribution in [-0.2, 0) is 96.8 Å². The third-order valence-electron chi connectivity index (χ3n) is 15.5. The van der Waals surface area contributed by atoms with Gasteiger partial charge in [-0.2, -0.15) is 0 Å². The van der Waals surface area contributed by atoms with Gasteiger partial charge in [-0.1, -0.05) is 149 Å². The number of benzene rings is 5. The average Bonchev–Trinajstić information content (AvgIpc) is 0.767. The number of azide groups is 1. The fourth-order valence-corrected chi connectivity index (χ4v) is 11.1. The molecule has 28 nitrogen and oxygen atoms in total. The zero-order valence-corrected chi connectivity index (χ0v) is 56.7. The van der Waals surface area contributed by atoms with Crippen LogP contribution in [0.1, 0.15) is 99.9 Å². The van der Waals surface area contributed by atoms with Crippen LogP contribution >= 0.6 is 34.8 Å². The molecule has 0 aliphatic carbocycles. The number of hydrogen-bond donors (Lipinski definition) is 1. The maximum atomic E-state index is 14.8. The van der Waals surface area contributed by atoms with Gasteiger partial charge in [0, 0.05) is 38.2 Å². The number of alkyl carbamates (subject to hydrolysis) is 1. The van der Waals surface area contributed by atoms with Crippen LogP contribution in [0.25, 0.3) is 10.4 Å². The summed E-state index contributed by atoms with van der Waals surface area (Å²) in [4.78, 5) is 126. The monoisotopic (exact) mass is 1450 g/mol. The molecule has 3 saturated heterocycles. The van der Waals surface area contributed by atoms with Gasteiger partial charge in [0.25, 0.3) is 0 Å². The molecule has 1 N–H and O–H groups in total. The van der Waals surface area contributed by atoms with Gasteiger partial charge in [-0.05, 0) is 79.4 Å². The van der Waals surface area contributed by atoms with E-state index in [0.717, 1.165) is 13.8 Å². The fourth-order valence-electron chi connectivity index (χ4n) is 10.9. The fraction of sp³-hybridized carbons (Fsp3) is 0.435. The van der Waals surface area contributed by atoms with E-state index in [1.165, 1.54) is 62.6 Å². The Morgan fingerprint density at radius 3 is 1.53 bits per heavy atom. The molecule has 1 amide bonds. The number of rotatable bonds is 31. The molecule has 31 heteroatoms. The SMILES string of the molecule is COC(=O)CCCCCO[C@H]1O[C@H](CO[C@@H]2O[C@H](CC(C)=O)[C@@H](OC(C)=O)[C@H](OC(C)=O)[C@H]2NC(=O)OCC(Cl)(Cl)Cl)[C@H](OCc2ccccc2)[C@H](O[C@@H]2O[C@H](COC(=O)c3ccccc3)[C@H](OC(=O)c3ccccc3)[C@H](OC(=O)c3ccccc3)[C@H]2OC(=O)c2ccccc2)[C@H]1N=[N+]=[N-]. The first-order valence-electron chi connectivity index (χ1n) is 31.5. The predicted octanol–water partition coefficient (Wildman–Crippen LogP) is 9.42. The van der Waals surface area contributed by atoms with Crippen molar-refractivity contribution in [2.75, 3.05) is 33.5 Å². The van der Waals surface area contributed by atoms with Gasteiger partial charge in [0.15, 0.2) is 49.4 Å². The molecular formula is C69H73Cl3N4O24. The second-order valence-electron chi connectivity index (χ2n) is 22.9. The average molecular weight is 1450 g/mol. The van der Waals surface area contributed by atoms with E-state index in [0.29, 0.717) is 18.4 Å². The molecule has 0 spiro atoms. The van der Waals surface area contributed by atoms with E-state index in [4.69, 9.17) is 106 Å². The summed E-state index contributed by atoms with van der Waals surface area (Å²) in [7, 11) is 1.25. The normalized spacial score (nSPS) is 24.9. The first-order valence-corrected chi connectivity index (χ1v) is 32.7. The summed E-state index contributed by atoms with van der Waals surface area (Å²) in [5, 5.41) is 6.66. The van der Waals surface area contributed by atoms with Crippen molar-refractivity contribution in [2.24, 2.45) is 5.11 Å². The minimum atomic E-state index is -2.13. The van der Waals surface area contributed by atoms with Crippen LogP contribution in [0.5, 0.6) is 0 Å². The highest BCUT2D eigenvalue weighted by molar-refractivity contribution is 6.67. The Kier molecular flexibility index (Phi) is 29.4. The third kappa shape index (κ3) is 22.9. The van der Waals surface area contributed by atoms with E-state index >= 15 is 0 Å². The zero-order chi connectivity index (χ0) is 71.7. The van der Waals surface area contributed by atoms with Crippen molar-refractivity contribution in [1.82, 2.24) is 5.32 Å². The maximum absolute atomic E-state index is 14.8. The third-order valence-corrected chi connectivity index (χ3v) is 15.8. The molecule has 0 bridgehead atoms. The molecule has 534 valence electrons. The number of alkyl halides is 3. The number of Topliss-reactive ketones (excluding diaryl/α,β-unsaturated/α-hetero) is 1. The van der Waals surface area contributed by atoms with E-state index in [2.05, 4.69) is 15.3 Å². The smallest absolute Gasteiger partial charge is 0.407 e. The molecule has 0 unspecified atom stereocenters. The van der Waals surface area contributed by atoms with Gasteiger partial charge in [0.1, 0.15) is 61.6 Å². The number of ketones is 1. The minimum Gasteiger partial charge on any atom is -0.469 e. The van der Waals surface area contributed by atoms with Gasteiger partial charge in [-0.25, -0.2) is 24.0 Å². The van der Waals surface area contributed by atoms with Gasteiger partial charge in [0.2, 0.25) is 3.79 Å². The largest absolute Gasteiger partial charge is 0.469 e. The van der Waals surface area contributed by atoms with Crippen molar-refractivity contribution >= 4 is 88.5 Å². The molecule has 3 fully saturated rings. The lowest BCUT2D eigenvalue weighted by atomic mass is 9.93.